The second-order valence-electron chi connectivity index (χ2n) is 8.85. The van der Waals surface area contributed by atoms with E-state index in [0.29, 0.717) is 21.7 Å². The van der Waals surface area contributed by atoms with Gasteiger partial charge in [0.05, 0.1) is 16.1 Å². The number of para-hydroxylation sites is 1. The summed E-state index contributed by atoms with van der Waals surface area (Å²) in [6.07, 6.45) is 2.98. The second kappa shape index (κ2) is 9.64. The van der Waals surface area contributed by atoms with Crippen LogP contribution in [0.25, 0.3) is 0 Å². The van der Waals surface area contributed by atoms with Crippen molar-refractivity contribution < 1.29 is 18.0 Å². The molecule has 1 aliphatic heterocycles. The maximum atomic E-state index is 13.3. The number of benzene rings is 3. The van der Waals surface area contributed by atoms with E-state index in [1.165, 1.54) is 9.87 Å². The Morgan fingerprint density at radius 3 is 2.23 bits per heavy atom. The third kappa shape index (κ3) is 4.72. The van der Waals surface area contributed by atoms with Crippen LogP contribution in [0, 0.1) is 0 Å². The molecule has 0 atom stereocenters. The van der Waals surface area contributed by atoms with E-state index < -0.39 is 10.0 Å². The lowest BCUT2D eigenvalue weighted by Gasteiger charge is -2.34. The predicted octanol–water partition coefficient (Wildman–Crippen LogP) is 3.57. The van der Waals surface area contributed by atoms with Gasteiger partial charge in [0.2, 0.25) is 10.0 Å². The Hall–Kier alpha value is -3.49. The normalized spacial score (nSPS) is 16.1. The minimum absolute atomic E-state index is 0.226. The number of hydrogen-bond donors (Lipinski definition) is 1. The van der Waals surface area contributed by atoms with Crippen molar-refractivity contribution in [1.82, 2.24) is 9.21 Å². The zero-order valence-electron chi connectivity index (χ0n) is 19.3. The van der Waals surface area contributed by atoms with E-state index >= 15 is 0 Å². The molecule has 0 spiro atoms. The van der Waals surface area contributed by atoms with Gasteiger partial charge >= 0.3 is 0 Å². The van der Waals surface area contributed by atoms with Crippen LogP contribution in [-0.4, -0.2) is 55.6 Å². The van der Waals surface area contributed by atoms with Gasteiger partial charge in [0, 0.05) is 31.7 Å². The molecular formula is C27H27N3O4S. The minimum Gasteiger partial charge on any atom is -0.336 e. The quantitative estimate of drug-likeness (QED) is 0.594. The number of carbonyl (C=O) groups is 2. The van der Waals surface area contributed by atoms with Crippen molar-refractivity contribution in [2.45, 2.75) is 24.2 Å². The highest BCUT2D eigenvalue weighted by Gasteiger charge is 2.31. The molecule has 1 aliphatic carbocycles. The number of amides is 2. The Morgan fingerprint density at radius 1 is 0.771 bits per heavy atom. The summed E-state index contributed by atoms with van der Waals surface area (Å²) < 4.78 is 27.9. The maximum absolute atomic E-state index is 13.3. The molecule has 1 N–H and O–H groups in total. The lowest BCUT2D eigenvalue weighted by atomic mass is 10.1. The van der Waals surface area contributed by atoms with Crippen molar-refractivity contribution in [1.29, 1.82) is 0 Å². The molecule has 7 nitrogen and oxygen atoms in total. The van der Waals surface area contributed by atoms with Crippen molar-refractivity contribution in [3.05, 3.63) is 95.1 Å². The maximum Gasteiger partial charge on any atom is 0.256 e. The van der Waals surface area contributed by atoms with Gasteiger partial charge in [-0.2, -0.15) is 4.31 Å². The smallest absolute Gasteiger partial charge is 0.256 e. The van der Waals surface area contributed by atoms with Gasteiger partial charge in [-0.05, 0) is 66.8 Å². The van der Waals surface area contributed by atoms with Crippen molar-refractivity contribution in [3.63, 3.8) is 0 Å². The van der Waals surface area contributed by atoms with Gasteiger partial charge in [0.15, 0.2) is 0 Å². The van der Waals surface area contributed by atoms with E-state index in [9.17, 15) is 18.0 Å². The predicted molar refractivity (Wildman–Crippen MR) is 134 cm³/mol. The van der Waals surface area contributed by atoms with E-state index in [0.717, 1.165) is 24.8 Å². The van der Waals surface area contributed by atoms with Crippen LogP contribution >= 0.6 is 0 Å². The van der Waals surface area contributed by atoms with Gasteiger partial charge in [0.1, 0.15) is 0 Å². The summed E-state index contributed by atoms with van der Waals surface area (Å²) in [4.78, 5) is 27.9. The summed E-state index contributed by atoms with van der Waals surface area (Å²) >= 11 is 0. The molecule has 1 fully saturated rings. The van der Waals surface area contributed by atoms with Gasteiger partial charge in [-0.25, -0.2) is 8.42 Å². The number of nitrogens with zero attached hydrogens (tertiary/aromatic N) is 2. The lowest BCUT2D eigenvalue weighted by molar-refractivity contribution is 0.0699. The Kier molecular flexibility index (Phi) is 6.40. The molecule has 0 radical (unpaired) electrons. The van der Waals surface area contributed by atoms with Crippen molar-refractivity contribution >= 4 is 27.5 Å². The molecule has 1 heterocycles. The summed E-state index contributed by atoms with van der Waals surface area (Å²) in [5.74, 6) is -0.528. The van der Waals surface area contributed by atoms with Crippen LogP contribution in [0.15, 0.2) is 77.7 Å². The monoisotopic (exact) mass is 489 g/mol. The fourth-order valence-corrected chi connectivity index (χ4v) is 6.20. The first kappa shape index (κ1) is 23.3. The Labute approximate surface area is 205 Å². The number of hydrogen-bond acceptors (Lipinski definition) is 4. The van der Waals surface area contributed by atoms with Crippen LogP contribution < -0.4 is 5.32 Å². The van der Waals surface area contributed by atoms with E-state index in [2.05, 4.69) is 5.32 Å². The number of nitrogens with one attached hydrogen (secondary N) is 1. The molecule has 35 heavy (non-hydrogen) atoms. The summed E-state index contributed by atoms with van der Waals surface area (Å²) in [6, 6.07) is 21.1. The average molecular weight is 490 g/mol. The van der Waals surface area contributed by atoms with Crippen molar-refractivity contribution in [2.75, 3.05) is 31.5 Å². The molecule has 2 aliphatic rings. The molecule has 0 unspecified atom stereocenters. The zero-order valence-corrected chi connectivity index (χ0v) is 20.1. The standard InChI is InChI=1S/C27H27N3O4S/c31-26(21-7-2-1-3-8-21)28-25-12-5-4-11-24(25)27(32)29-15-17-30(18-16-29)35(33,34)23-14-13-20-9-6-10-22(20)19-23/h1-5,7-8,11-14,19H,6,9-10,15-18H2,(H,28,31). The largest absolute Gasteiger partial charge is 0.336 e. The Balaban J connectivity index is 1.27. The summed E-state index contributed by atoms with van der Waals surface area (Å²) in [7, 11) is -3.61. The van der Waals surface area contributed by atoms with Gasteiger partial charge in [-0.1, -0.05) is 36.4 Å². The molecule has 3 aromatic rings. The minimum atomic E-state index is -3.61. The second-order valence-corrected chi connectivity index (χ2v) is 10.8. The lowest BCUT2D eigenvalue weighted by Crippen LogP contribution is -2.50. The Morgan fingerprint density at radius 2 is 1.46 bits per heavy atom. The number of anilines is 1. The van der Waals surface area contributed by atoms with Crippen LogP contribution in [0.3, 0.4) is 0 Å². The van der Waals surface area contributed by atoms with Crippen molar-refractivity contribution in [3.8, 4) is 0 Å². The molecule has 3 aromatic carbocycles. The highest BCUT2D eigenvalue weighted by molar-refractivity contribution is 7.89. The first-order valence-electron chi connectivity index (χ1n) is 11.8. The van der Waals surface area contributed by atoms with Crippen LogP contribution in [-0.2, 0) is 22.9 Å². The molecule has 0 aromatic heterocycles. The average Bonchev–Trinajstić information content (AvgIpc) is 3.37. The first-order chi connectivity index (χ1) is 16.9. The zero-order chi connectivity index (χ0) is 24.4. The van der Waals surface area contributed by atoms with E-state index in [-0.39, 0.29) is 38.0 Å². The highest BCUT2D eigenvalue weighted by atomic mass is 32.2. The number of sulfonamides is 1. The molecule has 1 saturated heterocycles. The SMILES string of the molecule is O=C(Nc1ccccc1C(=O)N1CCN(S(=O)(=O)c2ccc3c(c2)CCC3)CC1)c1ccccc1. The molecule has 5 rings (SSSR count). The van der Waals surface area contributed by atoms with Crippen LogP contribution in [0.2, 0.25) is 0 Å². The van der Waals surface area contributed by atoms with Gasteiger partial charge in [0.25, 0.3) is 11.8 Å². The third-order valence-corrected chi connectivity index (χ3v) is 8.57. The van der Waals surface area contributed by atoms with Gasteiger partial charge in [-0.15, -0.1) is 0 Å². The number of rotatable bonds is 5. The van der Waals surface area contributed by atoms with Crippen LogP contribution in [0.4, 0.5) is 5.69 Å². The molecule has 0 saturated carbocycles. The van der Waals surface area contributed by atoms with E-state index in [4.69, 9.17) is 0 Å². The molecular weight excluding hydrogens is 462 g/mol. The third-order valence-electron chi connectivity index (χ3n) is 6.68. The Bertz CT molecular complexity index is 1360. The van der Waals surface area contributed by atoms with E-state index in [1.54, 1.807) is 65.6 Å². The van der Waals surface area contributed by atoms with Gasteiger partial charge < -0.3 is 10.2 Å². The number of aryl methyl sites for hydroxylation is 2. The molecule has 8 heteroatoms. The van der Waals surface area contributed by atoms with Gasteiger partial charge in [-0.3, -0.25) is 9.59 Å². The number of fused-ring (bicyclic) bond motifs is 1. The van der Waals surface area contributed by atoms with Crippen molar-refractivity contribution in [2.24, 2.45) is 0 Å². The van der Waals surface area contributed by atoms with Crippen LogP contribution in [0.5, 0.6) is 0 Å². The first-order valence-corrected chi connectivity index (χ1v) is 13.2. The fourth-order valence-electron chi connectivity index (χ4n) is 4.72. The number of carbonyl (C=O) groups excluding carboxylic acids is 2. The number of piperazine rings is 1. The van der Waals surface area contributed by atoms with Crippen LogP contribution in [0.1, 0.15) is 38.3 Å². The summed E-state index contributed by atoms with van der Waals surface area (Å²) in [5.41, 5.74) is 3.66. The molecule has 2 amide bonds. The highest BCUT2D eigenvalue weighted by Crippen LogP contribution is 2.27. The summed E-state index contributed by atoms with van der Waals surface area (Å²) in [6.45, 7) is 1.02. The fraction of sp³-hybridized carbons (Fsp3) is 0.259. The molecule has 180 valence electrons. The molecule has 0 bridgehead atoms. The summed E-state index contributed by atoms with van der Waals surface area (Å²) in [5, 5.41) is 2.83. The van der Waals surface area contributed by atoms with E-state index in [1.807, 2.05) is 12.1 Å². The topological polar surface area (TPSA) is 86.8 Å².